The second-order valence-electron chi connectivity index (χ2n) is 4.86. The molecular formula is C15H19NO4S. The van der Waals surface area contributed by atoms with Crippen LogP contribution in [0.1, 0.15) is 13.3 Å². The third kappa shape index (κ3) is 3.72. The third-order valence-electron chi connectivity index (χ3n) is 3.21. The Kier molecular flexibility index (Phi) is 4.82. The largest absolute Gasteiger partial charge is 0.490 e. The summed E-state index contributed by atoms with van der Waals surface area (Å²) in [6.07, 6.45) is 0.718. The summed E-state index contributed by atoms with van der Waals surface area (Å²) in [5, 5.41) is 6.55. The summed E-state index contributed by atoms with van der Waals surface area (Å²) >= 11 is 0. The molecule has 2 N–H and O–H groups in total. The minimum atomic E-state index is -3.76. The normalized spacial score (nSPS) is 13.3. The minimum absolute atomic E-state index is 0.0336. The number of hydrogen-bond donors (Lipinski definition) is 1. The van der Waals surface area contributed by atoms with Crippen LogP contribution in [0.25, 0.3) is 10.8 Å². The van der Waals surface area contributed by atoms with Crippen molar-refractivity contribution in [3.8, 4) is 5.75 Å². The number of fused-ring (bicyclic) bond motifs is 1. The van der Waals surface area contributed by atoms with Crippen molar-refractivity contribution >= 4 is 20.8 Å². The summed E-state index contributed by atoms with van der Waals surface area (Å²) in [6.45, 7) is 2.55. The highest BCUT2D eigenvalue weighted by molar-refractivity contribution is 7.89. The van der Waals surface area contributed by atoms with E-state index < -0.39 is 10.0 Å². The first-order chi connectivity index (χ1) is 9.93. The van der Waals surface area contributed by atoms with Crippen molar-refractivity contribution in [2.75, 3.05) is 13.7 Å². The summed E-state index contributed by atoms with van der Waals surface area (Å²) in [4.78, 5) is 0.106. The van der Waals surface area contributed by atoms with Gasteiger partial charge in [0.15, 0.2) is 0 Å². The molecule has 5 nitrogen and oxygen atoms in total. The summed E-state index contributed by atoms with van der Waals surface area (Å²) in [5.41, 5.74) is 0. The van der Waals surface area contributed by atoms with Crippen LogP contribution in [0.5, 0.6) is 5.75 Å². The molecule has 0 aliphatic heterocycles. The first kappa shape index (κ1) is 15.8. The molecule has 0 bridgehead atoms. The fraction of sp³-hybridized carbons (Fsp3) is 0.333. The topological polar surface area (TPSA) is 78.6 Å². The third-order valence-corrected chi connectivity index (χ3v) is 4.18. The van der Waals surface area contributed by atoms with Crippen molar-refractivity contribution in [3.63, 3.8) is 0 Å². The van der Waals surface area contributed by atoms with Crippen molar-refractivity contribution in [2.45, 2.75) is 24.3 Å². The molecule has 2 rings (SSSR count). The lowest BCUT2D eigenvalue weighted by Crippen LogP contribution is -2.15. The summed E-state index contributed by atoms with van der Waals surface area (Å²) in [5.74, 6) is 0.640. The molecule has 0 spiro atoms. The van der Waals surface area contributed by atoms with Gasteiger partial charge in [-0.2, -0.15) is 0 Å². The van der Waals surface area contributed by atoms with Gasteiger partial charge in [-0.1, -0.05) is 24.3 Å². The molecule has 1 unspecified atom stereocenters. The highest BCUT2D eigenvalue weighted by Crippen LogP contribution is 2.31. The number of primary sulfonamides is 1. The zero-order valence-corrected chi connectivity index (χ0v) is 12.9. The van der Waals surface area contributed by atoms with Crippen molar-refractivity contribution in [1.29, 1.82) is 0 Å². The van der Waals surface area contributed by atoms with Crippen LogP contribution in [0.4, 0.5) is 0 Å². The summed E-state index contributed by atoms with van der Waals surface area (Å²) in [7, 11) is -2.12. The van der Waals surface area contributed by atoms with E-state index in [2.05, 4.69) is 0 Å². The molecule has 0 aliphatic carbocycles. The van der Waals surface area contributed by atoms with Gasteiger partial charge in [0.1, 0.15) is 5.75 Å². The van der Waals surface area contributed by atoms with Crippen LogP contribution in [0.3, 0.4) is 0 Å². The zero-order chi connectivity index (χ0) is 15.5. The van der Waals surface area contributed by atoms with E-state index in [-0.39, 0.29) is 11.0 Å². The van der Waals surface area contributed by atoms with Crippen LogP contribution in [0.15, 0.2) is 41.3 Å². The number of rotatable bonds is 6. The Bertz CT molecular complexity index is 728. The van der Waals surface area contributed by atoms with E-state index >= 15 is 0 Å². The van der Waals surface area contributed by atoms with Gasteiger partial charge >= 0.3 is 0 Å². The lowest BCUT2D eigenvalue weighted by atomic mass is 10.1. The summed E-state index contributed by atoms with van der Waals surface area (Å²) in [6, 6.07) is 10.3. The Morgan fingerprint density at radius 1 is 1.14 bits per heavy atom. The molecule has 0 fully saturated rings. The van der Waals surface area contributed by atoms with E-state index in [9.17, 15) is 8.42 Å². The number of methoxy groups -OCH3 is 1. The van der Waals surface area contributed by atoms with Crippen LogP contribution in [-0.4, -0.2) is 28.2 Å². The minimum Gasteiger partial charge on any atom is -0.490 e. The molecule has 0 saturated heterocycles. The number of sulfonamides is 1. The van der Waals surface area contributed by atoms with E-state index in [0.717, 1.165) is 11.8 Å². The van der Waals surface area contributed by atoms with Crippen LogP contribution >= 0.6 is 0 Å². The molecule has 0 saturated carbocycles. The fourth-order valence-corrected chi connectivity index (χ4v) is 2.90. The smallest absolute Gasteiger partial charge is 0.238 e. The molecule has 2 aromatic rings. The van der Waals surface area contributed by atoms with Crippen molar-refractivity contribution in [2.24, 2.45) is 5.14 Å². The van der Waals surface area contributed by atoms with Crippen LogP contribution in [0.2, 0.25) is 0 Å². The molecule has 2 aromatic carbocycles. The fourth-order valence-electron chi connectivity index (χ4n) is 2.15. The average Bonchev–Trinajstić information content (AvgIpc) is 2.44. The van der Waals surface area contributed by atoms with Gasteiger partial charge in [0.2, 0.25) is 10.0 Å². The first-order valence-corrected chi connectivity index (χ1v) is 8.18. The molecule has 0 aliphatic rings. The predicted octanol–water partition coefficient (Wildman–Crippen LogP) is 2.29. The first-order valence-electron chi connectivity index (χ1n) is 6.63. The maximum absolute atomic E-state index is 11.6. The number of hydrogen-bond acceptors (Lipinski definition) is 4. The zero-order valence-electron chi connectivity index (χ0n) is 12.1. The predicted molar refractivity (Wildman–Crippen MR) is 81.9 cm³/mol. The quantitative estimate of drug-likeness (QED) is 0.888. The highest BCUT2D eigenvalue weighted by Gasteiger charge is 2.15. The van der Waals surface area contributed by atoms with Crippen molar-refractivity contribution < 1.29 is 17.9 Å². The SMILES string of the molecule is COCCC(C)Oc1ccc(S(N)(=O)=O)c2ccccc12. The van der Waals surface area contributed by atoms with E-state index in [1.54, 1.807) is 25.3 Å². The van der Waals surface area contributed by atoms with E-state index in [1.165, 1.54) is 6.07 Å². The number of nitrogens with two attached hydrogens (primary N) is 1. The molecule has 0 heterocycles. The number of benzene rings is 2. The highest BCUT2D eigenvalue weighted by atomic mass is 32.2. The Morgan fingerprint density at radius 2 is 1.81 bits per heavy atom. The van der Waals surface area contributed by atoms with Gasteiger partial charge in [0.05, 0.1) is 11.0 Å². The van der Waals surface area contributed by atoms with E-state index in [1.807, 2.05) is 19.1 Å². The molecule has 114 valence electrons. The monoisotopic (exact) mass is 309 g/mol. The van der Waals surface area contributed by atoms with Gasteiger partial charge < -0.3 is 9.47 Å². The van der Waals surface area contributed by atoms with Gasteiger partial charge in [0, 0.05) is 30.9 Å². The molecule has 1 atom stereocenters. The molecule has 6 heteroatoms. The molecule has 0 aromatic heterocycles. The Labute approximate surface area is 124 Å². The Morgan fingerprint density at radius 3 is 2.43 bits per heavy atom. The van der Waals surface area contributed by atoms with Gasteiger partial charge in [-0.25, -0.2) is 13.6 Å². The van der Waals surface area contributed by atoms with Crippen LogP contribution in [-0.2, 0) is 14.8 Å². The molecule has 0 amide bonds. The van der Waals surface area contributed by atoms with Crippen molar-refractivity contribution in [1.82, 2.24) is 0 Å². The second kappa shape index (κ2) is 6.43. The van der Waals surface area contributed by atoms with Gasteiger partial charge in [-0.05, 0) is 19.1 Å². The van der Waals surface area contributed by atoms with Gasteiger partial charge in [0.25, 0.3) is 0 Å². The van der Waals surface area contributed by atoms with Crippen LogP contribution < -0.4 is 9.88 Å². The molecular weight excluding hydrogens is 290 g/mol. The maximum atomic E-state index is 11.6. The number of ether oxygens (including phenoxy) is 2. The van der Waals surface area contributed by atoms with E-state index in [0.29, 0.717) is 17.7 Å². The van der Waals surface area contributed by atoms with Gasteiger partial charge in [-0.15, -0.1) is 0 Å². The lowest BCUT2D eigenvalue weighted by Gasteiger charge is -2.17. The standard InChI is InChI=1S/C15H19NO4S/c1-11(9-10-19-2)20-14-7-8-15(21(16,17)18)13-6-4-3-5-12(13)14/h3-8,11H,9-10H2,1-2H3,(H2,16,17,18). The molecule has 21 heavy (non-hydrogen) atoms. The molecule has 0 radical (unpaired) electrons. The lowest BCUT2D eigenvalue weighted by molar-refractivity contribution is 0.136. The Hall–Kier alpha value is -1.63. The summed E-state index contributed by atoms with van der Waals surface area (Å²) < 4.78 is 34.2. The second-order valence-corrected chi connectivity index (χ2v) is 6.39. The Balaban J connectivity index is 2.43. The average molecular weight is 309 g/mol. The van der Waals surface area contributed by atoms with E-state index in [4.69, 9.17) is 14.6 Å². The van der Waals surface area contributed by atoms with Crippen LogP contribution in [0, 0.1) is 0 Å². The maximum Gasteiger partial charge on any atom is 0.238 e. The van der Waals surface area contributed by atoms with Crippen molar-refractivity contribution in [3.05, 3.63) is 36.4 Å². The van der Waals surface area contributed by atoms with Gasteiger partial charge in [-0.3, -0.25) is 0 Å².